The summed E-state index contributed by atoms with van der Waals surface area (Å²) in [7, 11) is 0. The van der Waals surface area contributed by atoms with Crippen LogP contribution in [0.25, 0.3) is 0 Å². The number of benzene rings is 2. The Bertz CT molecular complexity index is 816. The Morgan fingerprint density at radius 3 is 2.31 bits per heavy atom. The van der Waals surface area contributed by atoms with Gasteiger partial charge in [-0.2, -0.15) is 0 Å². The normalized spacial score (nSPS) is 20.3. The zero-order valence-corrected chi connectivity index (χ0v) is 18.5. The minimum atomic E-state index is -0.132. The Morgan fingerprint density at radius 1 is 0.966 bits per heavy atom. The number of rotatable bonds is 6. The molecule has 2 aliphatic rings. The van der Waals surface area contributed by atoms with Crippen LogP contribution < -0.4 is 5.73 Å². The molecule has 2 aliphatic heterocycles. The molecule has 2 saturated heterocycles. The highest BCUT2D eigenvalue weighted by atomic mass is 79.9. The molecule has 4 nitrogen and oxygen atoms in total. The van der Waals surface area contributed by atoms with Gasteiger partial charge >= 0.3 is 0 Å². The number of carbonyl (C=O) groups excluding carboxylic acids is 1. The lowest BCUT2D eigenvalue weighted by molar-refractivity contribution is -0.138. The first-order valence-electron chi connectivity index (χ1n) is 10.6. The first-order valence-corrected chi connectivity index (χ1v) is 11.4. The Balaban J connectivity index is 1.27. The van der Waals surface area contributed by atoms with Crippen molar-refractivity contribution in [3.05, 3.63) is 70.2 Å². The van der Waals surface area contributed by atoms with Gasteiger partial charge in [-0.25, -0.2) is 0 Å². The Hall–Kier alpha value is -1.69. The Labute approximate surface area is 182 Å². The SMILES string of the molecule is NC(CCN1CCC2(CC1)CCN(Cc1ccc(Br)cc1)C2=O)c1ccccc1. The molecule has 2 N–H and O–H groups in total. The molecule has 29 heavy (non-hydrogen) atoms. The molecule has 4 rings (SSSR count). The number of hydrogen-bond acceptors (Lipinski definition) is 3. The van der Waals surface area contributed by atoms with Crippen molar-refractivity contribution in [2.75, 3.05) is 26.2 Å². The summed E-state index contributed by atoms with van der Waals surface area (Å²) in [6.07, 6.45) is 3.91. The number of nitrogens with two attached hydrogens (primary N) is 1. The summed E-state index contributed by atoms with van der Waals surface area (Å²) in [5.74, 6) is 0.362. The molecule has 1 amide bonds. The van der Waals surface area contributed by atoms with E-state index in [1.807, 2.05) is 30.3 Å². The van der Waals surface area contributed by atoms with Crippen LogP contribution in [0.4, 0.5) is 0 Å². The van der Waals surface area contributed by atoms with E-state index in [0.717, 1.165) is 62.9 Å². The van der Waals surface area contributed by atoms with Gasteiger partial charge in [0, 0.05) is 23.6 Å². The van der Waals surface area contributed by atoms with E-state index >= 15 is 0 Å². The van der Waals surface area contributed by atoms with E-state index in [-0.39, 0.29) is 11.5 Å². The fraction of sp³-hybridized carbons (Fsp3) is 0.458. The lowest BCUT2D eigenvalue weighted by atomic mass is 9.77. The fourth-order valence-electron chi connectivity index (χ4n) is 4.71. The highest BCUT2D eigenvalue weighted by molar-refractivity contribution is 9.10. The molecule has 2 aromatic carbocycles. The molecule has 5 heteroatoms. The highest BCUT2D eigenvalue weighted by Crippen LogP contribution is 2.42. The third-order valence-corrected chi connectivity index (χ3v) is 7.21. The molecule has 1 spiro atoms. The molecular weight excluding hydrogens is 426 g/mol. The molecule has 0 radical (unpaired) electrons. The van der Waals surface area contributed by atoms with E-state index in [9.17, 15) is 4.79 Å². The second-order valence-corrected chi connectivity index (χ2v) is 9.45. The molecule has 1 unspecified atom stereocenters. The van der Waals surface area contributed by atoms with E-state index < -0.39 is 0 Å². The van der Waals surface area contributed by atoms with Crippen LogP contribution in [0.15, 0.2) is 59.1 Å². The van der Waals surface area contributed by atoms with Crippen LogP contribution in [0.1, 0.15) is 42.9 Å². The number of hydrogen-bond donors (Lipinski definition) is 1. The van der Waals surface area contributed by atoms with Gasteiger partial charge in [-0.05, 0) is 68.6 Å². The van der Waals surface area contributed by atoms with Gasteiger partial charge in [-0.15, -0.1) is 0 Å². The van der Waals surface area contributed by atoms with Gasteiger partial charge in [0.2, 0.25) is 5.91 Å². The van der Waals surface area contributed by atoms with Crippen LogP contribution in [-0.4, -0.2) is 41.9 Å². The first-order chi connectivity index (χ1) is 14.1. The molecule has 0 aliphatic carbocycles. The van der Waals surface area contributed by atoms with Crippen molar-refractivity contribution in [2.45, 2.75) is 38.3 Å². The minimum absolute atomic E-state index is 0.0848. The van der Waals surface area contributed by atoms with E-state index in [1.54, 1.807) is 0 Å². The van der Waals surface area contributed by atoms with Gasteiger partial charge in [0.05, 0.1) is 5.41 Å². The smallest absolute Gasteiger partial charge is 0.229 e. The number of nitrogens with zero attached hydrogens (tertiary/aromatic N) is 2. The summed E-state index contributed by atoms with van der Waals surface area (Å²) < 4.78 is 1.07. The largest absolute Gasteiger partial charge is 0.338 e. The van der Waals surface area contributed by atoms with Gasteiger partial charge < -0.3 is 15.5 Å². The molecule has 0 saturated carbocycles. The maximum atomic E-state index is 13.2. The highest BCUT2D eigenvalue weighted by Gasteiger charge is 2.47. The third-order valence-electron chi connectivity index (χ3n) is 6.69. The van der Waals surface area contributed by atoms with Crippen molar-refractivity contribution >= 4 is 21.8 Å². The average molecular weight is 456 g/mol. The molecule has 154 valence electrons. The van der Waals surface area contributed by atoms with Crippen molar-refractivity contribution in [1.82, 2.24) is 9.80 Å². The van der Waals surface area contributed by atoms with Crippen molar-refractivity contribution in [3.8, 4) is 0 Å². The van der Waals surface area contributed by atoms with Crippen LogP contribution in [0.3, 0.4) is 0 Å². The summed E-state index contributed by atoms with van der Waals surface area (Å²) in [6.45, 7) is 4.61. The molecular formula is C24H30BrN3O. The van der Waals surface area contributed by atoms with Crippen LogP contribution >= 0.6 is 15.9 Å². The van der Waals surface area contributed by atoms with Crippen LogP contribution in [0.5, 0.6) is 0 Å². The quantitative estimate of drug-likeness (QED) is 0.703. The first kappa shape index (κ1) is 20.6. The van der Waals surface area contributed by atoms with Gasteiger partial charge in [0.25, 0.3) is 0 Å². The summed E-state index contributed by atoms with van der Waals surface area (Å²) in [6, 6.07) is 18.7. The molecule has 0 aromatic heterocycles. The van der Waals surface area contributed by atoms with Crippen molar-refractivity contribution in [2.24, 2.45) is 11.1 Å². The summed E-state index contributed by atoms with van der Waals surface area (Å²) in [4.78, 5) is 17.7. The van der Waals surface area contributed by atoms with E-state index in [2.05, 4.69) is 50.0 Å². The van der Waals surface area contributed by atoms with Gasteiger partial charge in [-0.1, -0.05) is 58.4 Å². The Kier molecular flexibility index (Phi) is 6.38. The number of carbonyl (C=O) groups is 1. The summed E-state index contributed by atoms with van der Waals surface area (Å²) in [5.41, 5.74) is 8.63. The zero-order chi connectivity index (χ0) is 20.3. The van der Waals surface area contributed by atoms with Gasteiger partial charge in [0.15, 0.2) is 0 Å². The average Bonchev–Trinajstić information content (AvgIpc) is 3.05. The number of piperidine rings is 1. The number of halogens is 1. The lowest BCUT2D eigenvalue weighted by Crippen LogP contribution is -2.45. The van der Waals surface area contributed by atoms with Crippen molar-refractivity contribution in [3.63, 3.8) is 0 Å². The van der Waals surface area contributed by atoms with Crippen LogP contribution in [0, 0.1) is 5.41 Å². The van der Waals surface area contributed by atoms with Gasteiger partial charge in [-0.3, -0.25) is 4.79 Å². The van der Waals surface area contributed by atoms with Crippen molar-refractivity contribution < 1.29 is 4.79 Å². The zero-order valence-electron chi connectivity index (χ0n) is 16.9. The topological polar surface area (TPSA) is 49.6 Å². The lowest BCUT2D eigenvalue weighted by Gasteiger charge is -2.38. The van der Waals surface area contributed by atoms with E-state index in [1.165, 1.54) is 11.1 Å². The maximum Gasteiger partial charge on any atom is 0.229 e. The fourth-order valence-corrected chi connectivity index (χ4v) is 4.98. The summed E-state index contributed by atoms with van der Waals surface area (Å²) >= 11 is 3.47. The third kappa shape index (κ3) is 4.73. The second kappa shape index (κ2) is 8.99. The summed E-state index contributed by atoms with van der Waals surface area (Å²) in [5, 5.41) is 0. The number of amides is 1. The molecule has 2 fully saturated rings. The van der Waals surface area contributed by atoms with E-state index in [4.69, 9.17) is 5.73 Å². The molecule has 0 bridgehead atoms. The van der Waals surface area contributed by atoms with Crippen LogP contribution in [0.2, 0.25) is 0 Å². The van der Waals surface area contributed by atoms with Gasteiger partial charge in [0.1, 0.15) is 0 Å². The molecule has 1 atom stereocenters. The molecule has 2 heterocycles. The monoisotopic (exact) mass is 455 g/mol. The predicted octanol–water partition coefficient (Wildman–Crippen LogP) is 4.35. The Morgan fingerprint density at radius 2 is 1.62 bits per heavy atom. The van der Waals surface area contributed by atoms with Crippen molar-refractivity contribution in [1.29, 1.82) is 0 Å². The number of likely N-dealkylation sites (tertiary alicyclic amines) is 2. The van der Waals surface area contributed by atoms with Crippen LogP contribution in [-0.2, 0) is 11.3 Å². The predicted molar refractivity (Wildman–Crippen MR) is 120 cm³/mol. The molecule has 2 aromatic rings. The maximum absolute atomic E-state index is 13.2. The second-order valence-electron chi connectivity index (χ2n) is 8.53. The minimum Gasteiger partial charge on any atom is -0.338 e. The van der Waals surface area contributed by atoms with E-state index in [0.29, 0.717) is 5.91 Å². The standard InChI is InChI=1S/C24H30BrN3O/c25-21-8-6-19(7-9-21)18-28-17-13-24(23(28)29)11-15-27(16-12-24)14-10-22(26)20-4-2-1-3-5-20/h1-9,22H,10-18,26H2.